The summed E-state index contributed by atoms with van der Waals surface area (Å²) >= 11 is 0. The van der Waals surface area contributed by atoms with E-state index in [-0.39, 0.29) is 5.78 Å². The third-order valence-corrected chi connectivity index (χ3v) is 1.98. The third-order valence-electron chi connectivity index (χ3n) is 1.98. The van der Waals surface area contributed by atoms with Crippen molar-refractivity contribution in [3.8, 4) is 0 Å². The molecule has 0 bridgehead atoms. The molecular weight excluding hydrogens is 140 g/mol. The predicted molar refractivity (Wildman–Crippen MR) is 39.0 cm³/mol. The number of hydrogen-bond donors (Lipinski definition) is 0. The lowest BCUT2D eigenvalue weighted by atomic mass is 10.1. The van der Waals surface area contributed by atoms with E-state index >= 15 is 0 Å². The first-order chi connectivity index (χ1) is 5.29. The highest BCUT2D eigenvalue weighted by Gasteiger charge is 2.29. The van der Waals surface area contributed by atoms with Crippen LogP contribution in [0.1, 0.15) is 15.9 Å². The van der Waals surface area contributed by atoms with Gasteiger partial charge >= 0.3 is 0 Å². The Balaban J connectivity index is 2.55. The molecule has 0 saturated heterocycles. The van der Waals surface area contributed by atoms with Crippen LogP contribution >= 0.6 is 0 Å². The van der Waals surface area contributed by atoms with E-state index in [1.54, 1.807) is 12.1 Å². The van der Waals surface area contributed by atoms with Gasteiger partial charge in [-0.1, -0.05) is 24.3 Å². The van der Waals surface area contributed by atoms with Crippen LogP contribution in [0.3, 0.4) is 0 Å². The molecule has 1 radical (unpaired) electrons. The molecule has 1 aliphatic carbocycles. The summed E-state index contributed by atoms with van der Waals surface area (Å²) in [5.41, 5.74) is 1.52. The fraction of sp³-hybridized carbons (Fsp3) is 0.222. The largest absolute Gasteiger partial charge is 0.291 e. The maximum atomic E-state index is 11.1. The van der Waals surface area contributed by atoms with Crippen molar-refractivity contribution < 1.29 is 9.90 Å². The number of Topliss-reactive ketones (excluding diaryl/α,β-unsaturated/α-hetero) is 1. The van der Waals surface area contributed by atoms with E-state index in [9.17, 15) is 9.90 Å². The molecule has 1 unspecified atom stereocenters. The Morgan fingerprint density at radius 3 is 2.73 bits per heavy atom. The van der Waals surface area contributed by atoms with Crippen LogP contribution in [-0.4, -0.2) is 11.9 Å². The summed E-state index contributed by atoms with van der Waals surface area (Å²) in [6.07, 6.45) is -0.679. The highest BCUT2D eigenvalue weighted by Crippen LogP contribution is 2.21. The van der Waals surface area contributed by atoms with Gasteiger partial charge in [0.15, 0.2) is 11.9 Å². The van der Waals surface area contributed by atoms with Gasteiger partial charge in [-0.05, 0) is 5.56 Å². The smallest absolute Gasteiger partial charge is 0.195 e. The first-order valence-electron chi connectivity index (χ1n) is 3.57. The van der Waals surface area contributed by atoms with Crippen LogP contribution in [0.25, 0.3) is 0 Å². The fourth-order valence-corrected chi connectivity index (χ4v) is 1.40. The molecule has 2 nitrogen and oxygen atoms in total. The van der Waals surface area contributed by atoms with E-state index in [4.69, 9.17) is 0 Å². The fourth-order valence-electron chi connectivity index (χ4n) is 1.40. The van der Waals surface area contributed by atoms with Gasteiger partial charge in [-0.2, -0.15) is 0 Å². The Morgan fingerprint density at radius 2 is 2.00 bits per heavy atom. The van der Waals surface area contributed by atoms with Crippen LogP contribution in [0.15, 0.2) is 24.3 Å². The average Bonchev–Trinajstić information content (AvgIpc) is 2.30. The SMILES string of the molecule is [O]C1Cc2ccccc2C1=O. The molecule has 1 aliphatic rings. The van der Waals surface area contributed by atoms with Crippen LogP contribution in [0.4, 0.5) is 0 Å². The van der Waals surface area contributed by atoms with Gasteiger partial charge in [-0.25, -0.2) is 5.11 Å². The molecule has 0 aromatic heterocycles. The quantitative estimate of drug-likeness (QED) is 0.543. The Morgan fingerprint density at radius 1 is 1.27 bits per heavy atom. The van der Waals surface area contributed by atoms with Gasteiger partial charge in [0.1, 0.15) is 0 Å². The molecule has 1 atom stereocenters. The third kappa shape index (κ3) is 0.870. The van der Waals surface area contributed by atoms with Crippen molar-refractivity contribution in [2.75, 3.05) is 0 Å². The second kappa shape index (κ2) is 2.17. The minimum Gasteiger partial charge on any atom is -0.291 e. The van der Waals surface area contributed by atoms with Crippen molar-refractivity contribution in [2.24, 2.45) is 0 Å². The second-order valence-corrected chi connectivity index (χ2v) is 2.71. The molecule has 0 fully saturated rings. The van der Waals surface area contributed by atoms with Gasteiger partial charge in [0.2, 0.25) is 0 Å². The van der Waals surface area contributed by atoms with Crippen molar-refractivity contribution >= 4 is 5.78 Å². The van der Waals surface area contributed by atoms with E-state index < -0.39 is 6.10 Å². The van der Waals surface area contributed by atoms with Crippen molar-refractivity contribution in [1.82, 2.24) is 0 Å². The van der Waals surface area contributed by atoms with Gasteiger partial charge < -0.3 is 0 Å². The standard InChI is InChI=1S/C9H7O2/c10-8-5-6-3-1-2-4-7(6)9(8)11/h1-4,8H,5H2. The van der Waals surface area contributed by atoms with Crippen molar-refractivity contribution in [3.63, 3.8) is 0 Å². The number of carbonyl (C=O) groups excluding carboxylic acids is 1. The van der Waals surface area contributed by atoms with E-state index in [0.717, 1.165) is 5.56 Å². The first-order valence-corrected chi connectivity index (χ1v) is 3.57. The highest BCUT2D eigenvalue weighted by atomic mass is 16.3. The lowest BCUT2D eigenvalue weighted by Crippen LogP contribution is -2.11. The minimum atomic E-state index is -1.05. The molecule has 11 heavy (non-hydrogen) atoms. The van der Waals surface area contributed by atoms with Crippen molar-refractivity contribution in [1.29, 1.82) is 0 Å². The van der Waals surface area contributed by atoms with Gasteiger partial charge in [-0.15, -0.1) is 0 Å². The summed E-state index contributed by atoms with van der Waals surface area (Å²) in [4.78, 5) is 11.1. The van der Waals surface area contributed by atoms with Crippen LogP contribution < -0.4 is 0 Å². The van der Waals surface area contributed by atoms with E-state index in [0.29, 0.717) is 12.0 Å². The van der Waals surface area contributed by atoms with Crippen molar-refractivity contribution in [2.45, 2.75) is 12.5 Å². The number of hydrogen-bond acceptors (Lipinski definition) is 1. The van der Waals surface area contributed by atoms with E-state index in [1.165, 1.54) is 0 Å². The molecule has 2 heteroatoms. The molecule has 1 aromatic carbocycles. The maximum Gasteiger partial charge on any atom is 0.195 e. The van der Waals surface area contributed by atoms with Crippen LogP contribution in [0, 0.1) is 0 Å². The monoisotopic (exact) mass is 147 g/mol. The minimum absolute atomic E-state index is 0.249. The van der Waals surface area contributed by atoms with Crippen LogP contribution in [-0.2, 0) is 11.5 Å². The van der Waals surface area contributed by atoms with Crippen LogP contribution in [0.5, 0.6) is 0 Å². The zero-order valence-electron chi connectivity index (χ0n) is 5.91. The average molecular weight is 147 g/mol. The van der Waals surface area contributed by atoms with Gasteiger partial charge in [0.25, 0.3) is 0 Å². The summed E-state index contributed by atoms with van der Waals surface area (Å²) in [7, 11) is 0. The summed E-state index contributed by atoms with van der Waals surface area (Å²) in [5.74, 6) is -0.249. The van der Waals surface area contributed by atoms with Gasteiger partial charge in [-0.3, -0.25) is 4.79 Å². The first kappa shape index (κ1) is 6.55. The van der Waals surface area contributed by atoms with Crippen LogP contribution in [0.2, 0.25) is 0 Å². The normalized spacial score (nSPS) is 21.9. The molecule has 0 aliphatic heterocycles. The number of ketones is 1. The number of rotatable bonds is 0. The summed E-state index contributed by atoms with van der Waals surface area (Å²) in [6, 6.07) is 7.19. The highest BCUT2D eigenvalue weighted by molar-refractivity contribution is 6.03. The predicted octanol–water partition coefficient (Wildman–Crippen LogP) is 1.22. The lowest BCUT2D eigenvalue weighted by Gasteiger charge is -1.91. The Hall–Kier alpha value is -1.15. The zero-order valence-corrected chi connectivity index (χ0v) is 5.91. The van der Waals surface area contributed by atoms with E-state index in [1.807, 2.05) is 12.1 Å². The Bertz CT molecular complexity index is 304. The molecule has 0 spiro atoms. The molecule has 55 valence electrons. The molecule has 2 rings (SSSR count). The van der Waals surface area contributed by atoms with Gasteiger partial charge in [0, 0.05) is 12.0 Å². The number of fused-ring (bicyclic) bond motifs is 1. The summed E-state index contributed by atoms with van der Waals surface area (Å²) < 4.78 is 0. The van der Waals surface area contributed by atoms with E-state index in [2.05, 4.69) is 0 Å². The zero-order chi connectivity index (χ0) is 7.84. The Labute approximate surface area is 64.5 Å². The van der Waals surface area contributed by atoms with Gasteiger partial charge in [0.05, 0.1) is 0 Å². The Kier molecular flexibility index (Phi) is 1.29. The molecule has 0 heterocycles. The maximum absolute atomic E-state index is 11.1. The van der Waals surface area contributed by atoms with Crippen molar-refractivity contribution in [3.05, 3.63) is 35.4 Å². The molecule has 1 aromatic rings. The summed E-state index contributed by atoms with van der Waals surface area (Å²) in [6.45, 7) is 0. The molecule has 0 N–H and O–H groups in total. The molecule has 0 saturated carbocycles. The number of carbonyl (C=O) groups is 1. The molecular formula is C9H7O2. The number of benzene rings is 1. The topological polar surface area (TPSA) is 37.0 Å². The lowest BCUT2D eigenvalue weighted by molar-refractivity contribution is 0.0591. The summed E-state index contributed by atoms with van der Waals surface area (Å²) in [5, 5.41) is 11.0. The molecule has 0 amide bonds. The second-order valence-electron chi connectivity index (χ2n) is 2.71.